The zero-order chi connectivity index (χ0) is 5.82. The first-order valence-corrected chi connectivity index (χ1v) is 3.06. The van der Waals surface area contributed by atoms with Gasteiger partial charge in [0.2, 0.25) is 0 Å². The van der Waals surface area contributed by atoms with Crippen molar-refractivity contribution >= 4 is 0 Å². The van der Waals surface area contributed by atoms with Crippen LogP contribution in [0.5, 0.6) is 0 Å². The molecule has 8 heavy (non-hydrogen) atoms. The second-order valence-electron chi connectivity index (χ2n) is 2.11. The molecule has 1 aliphatic heterocycles. The van der Waals surface area contributed by atoms with Crippen molar-refractivity contribution in [2.75, 3.05) is 13.1 Å². The highest BCUT2D eigenvalue weighted by molar-refractivity contribution is 4.65. The van der Waals surface area contributed by atoms with Crippen molar-refractivity contribution < 1.29 is 0 Å². The zero-order valence-electron chi connectivity index (χ0n) is 4.93. The van der Waals surface area contributed by atoms with Gasteiger partial charge in [-0.2, -0.15) is 11.5 Å². The van der Waals surface area contributed by atoms with Crippen LogP contribution in [0, 0.1) is 6.57 Å². The van der Waals surface area contributed by atoms with E-state index < -0.39 is 0 Å². The van der Waals surface area contributed by atoms with Gasteiger partial charge in [0.05, 0.1) is 13.1 Å². The molecule has 0 unspecified atom stereocenters. The highest BCUT2D eigenvalue weighted by atomic mass is 15.4. The number of rotatable bonds is 0. The van der Waals surface area contributed by atoms with E-state index in [2.05, 4.69) is 4.95 Å². The lowest BCUT2D eigenvalue weighted by Gasteiger charge is -2.14. The first kappa shape index (κ1) is 5.43. The minimum absolute atomic E-state index is 0.990. The van der Waals surface area contributed by atoms with Gasteiger partial charge in [0.1, 0.15) is 0 Å². The topological polar surface area (TPSA) is 7.60 Å². The molecule has 1 aliphatic rings. The Bertz CT molecular complexity index is 97.6. The van der Waals surface area contributed by atoms with Gasteiger partial charge in [0, 0.05) is 0 Å². The summed E-state index contributed by atoms with van der Waals surface area (Å²) in [5.41, 5.74) is 0. The van der Waals surface area contributed by atoms with Crippen molar-refractivity contribution in [2.45, 2.75) is 19.3 Å². The first-order chi connectivity index (χ1) is 3.93. The van der Waals surface area contributed by atoms with Crippen LogP contribution in [-0.2, 0) is 0 Å². The SMILES string of the molecule is [C-]#[N+]N1CCCCC1. The van der Waals surface area contributed by atoms with E-state index in [4.69, 9.17) is 6.57 Å². The smallest absolute Gasteiger partial charge is 0.0860 e. The summed E-state index contributed by atoms with van der Waals surface area (Å²) in [5, 5.41) is 1.81. The normalized spacial score (nSPS) is 20.1. The lowest BCUT2D eigenvalue weighted by molar-refractivity contribution is 0.305. The standard InChI is InChI=1S/C6H10N2/c1-7-8-5-3-2-4-6-8/h2-6H2. The van der Waals surface area contributed by atoms with Crippen molar-refractivity contribution in [3.05, 3.63) is 11.5 Å². The Balaban J connectivity index is 2.25. The third-order valence-corrected chi connectivity index (χ3v) is 1.47. The fraction of sp³-hybridized carbons (Fsp3) is 0.833. The number of nitrogens with zero attached hydrogens (tertiary/aromatic N) is 2. The van der Waals surface area contributed by atoms with Crippen LogP contribution in [0.3, 0.4) is 0 Å². The number of hydrogen-bond donors (Lipinski definition) is 0. The average Bonchev–Trinajstić information content (AvgIpc) is 1.90. The van der Waals surface area contributed by atoms with Gasteiger partial charge in [-0.3, -0.25) is 0 Å². The van der Waals surface area contributed by atoms with E-state index >= 15 is 0 Å². The minimum Gasteiger partial charge on any atom is -0.184 e. The largest absolute Gasteiger partial charge is 0.184 e. The predicted octanol–water partition coefficient (Wildman–Crippen LogP) is 1.31. The molecule has 0 aromatic rings. The lowest BCUT2D eigenvalue weighted by Crippen LogP contribution is -2.22. The maximum Gasteiger partial charge on any atom is 0.0860 e. The van der Waals surface area contributed by atoms with Crippen LogP contribution in [0.15, 0.2) is 0 Å². The Hall–Kier alpha value is -0.710. The van der Waals surface area contributed by atoms with Crippen molar-refractivity contribution in [3.63, 3.8) is 0 Å². The second-order valence-corrected chi connectivity index (χ2v) is 2.11. The van der Waals surface area contributed by atoms with Crippen LogP contribution in [-0.4, -0.2) is 18.1 Å². The van der Waals surface area contributed by atoms with Crippen LogP contribution in [0.25, 0.3) is 4.95 Å². The van der Waals surface area contributed by atoms with E-state index in [1.54, 1.807) is 0 Å². The van der Waals surface area contributed by atoms with E-state index in [0.717, 1.165) is 13.1 Å². The predicted molar refractivity (Wildman–Crippen MR) is 32.0 cm³/mol. The van der Waals surface area contributed by atoms with Crippen molar-refractivity contribution in [1.29, 1.82) is 0 Å². The third kappa shape index (κ3) is 1.13. The summed E-state index contributed by atoms with van der Waals surface area (Å²) in [6.07, 6.45) is 3.73. The highest BCUT2D eigenvalue weighted by Crippen LogP contribution is 2.07. The summed E-state index contributed by atoms with van der Waals surface area (Å²) >= 11 is 0. The van der Waals surface area contributed by atoms with Crippen LogP contribution >= 0.6 is 0 Å². The first-order valence-electron chi connectivity index (χ1n) is 3.06. The quantitative estimate of drug-likeness (QED) is 0.426. The van der Waals surface area contributed by atoms with Gasteiger partial charge >= 0.3 is 0 Å². The molecule has 0 saturated carbocycles. The molecule has 0 aliphatic carbocycles. The molecule has 0 atom stereocenters. The van der Waals surface area contributed by atoms with Crippen molar-refractivity contribution in [1.82, 2.24) is 5.01 Å². The Morgan fingerprint density at radius 1 is 1.12 bits per heavy atom. The molecule has 2 nitrogen and oxygen atoms in total. The number of hydrogen-bond acceptors (Lipinski definition) is 1. The molecule has 1 fully saturated rings. The monoisotopic (exact) mass is 110 g/mol. The van der Waals surface area contributed by atoms with Crippen LogP contribution in [0.2, 0.25) is 0 Å². The van der Waals surface area contributed by atoms with E-state index in [1.165, 1.54) is 19.3 Å². The van der Waals surface area contributed by atoms with E-state index in [9.17, 15) is 0 Å². The van der Waals surface area contributed by atoms with Crippen molar-refractivity contribution in [2.24, 2.45) is 0 Å². The summed E-state index contributed by atoms with van der Waals surface area (Å²) < 4.78 is 0. The fourth-order valence-corrected chi connectivity index (χ4v) is 0.977. The molecule has 0 bridgehead atoms. The Morgan fingerprint density at radius 2 is 1.75 bits per heavy atom. The molecule has 0 radical (unpaired) electrons. The molecule has 0 N–H and O–H groups in total. The van der Waals surface area contributed by atoms with Gasteiger partial charge in [-0.25, -0.2) is 0 Å². The molecular formula is C6H10N2. The summed E-state index contributed by atoms with van der Waals surface area (Å²) in [4.78, 5) is 3.33. The molecule has 0 spiro atoms. The zero-order valence-corrected chi connectivity index (χ0v) is 4.93. The summed E-state index contributed by atoms with van der Waals surface area (Å²) in [6, 6.07) is 0. The maximum atomic E-state index is 6.65. The van der Waals surface area contributed by atoms with Crippen LogP contribution in [0.1, 0.15) is 19.3 Å². The van der Waals surface area contributed by atoms with Gasteiger partial charge in [-0.1, -0.05) is 0 Å². The maximum absolute atomic E-state index is 6.65. The lowest BCUT2D eigenvalue weighted by atomic mass is 10.2. The highest BCUT2D eigenvalue weighted by Gasteiger charge is 2.09. The Morgan fingerprint density at radius 3 is 2.12 bits per heavy atom. The fourth-order valence-electron chi connectivity index (χ4n) is 0.977. The molecule has 1 saturated heterocycles. The summed E-state index contributed by atoms with van der Waals surface area (Å²) in [7, 11) is 0. The van der Waals surface area contributed by atoms with Gasteiger partial charge < -0.3 is 0 Å². The molecule has 44 valence electrons. The second kappa shape index (κ2) is 2.56. The Kier molecular flexibility index (Phi) is 1.74. The molecule has 0 aromatic heterocycles. The van der Waals surface area contributed by atoms with Gasteiger partial charge in [0.15, 0.2) is 0 Å². The molecule has 1 rings (SSSR count). The average molecular weight is 110 g/mol. The van der Waals surface area contributed by atoms with E-state index in [-0.39, 0.29) is 0 Å². The Labute approximate surface area is 49.9 Å². The summed E-state index contributed by atoms with van der Waals surface area (Å²) in [6.45, 7) is 8.63. The van der Waals surface area contributed by atoms with E-state index in [1.807, 2.05) is 5.01 Å². The van der Waals surface area contributed by atoms with Gasteiger partial charge in [0.25, 0.3) is 0 Å². The molecule has 0 aromatic carbocycles. The van der Waals surface area contributed by atoms with Crippen LogP contribution < -0.4 is 0 Å². The third-order valence-electron chi connectivity index (χ3n) is 1.47. The number of piperidine rings is 1. The van der Waals surface area contributed by atoms with Gasteiger partial charge in [-0.15, -0.1) is 5.01 Å². The molecular weight excluding hydrogens is 100 g/mol. The van der Waals surface area contributed by atoms with Gasteiger partial charge in [-0.05, 0) is 19.3 Å². The summed E-state index contributed by atoms with van der Waals surface area (Å²) in [5.74, 6) is 0. The molecule has 1 heterocycles. The van der Waals surface area contributed by atoms with Crippen LogP contribution in [0.4, 0.5) is 0 Å². The minimum atomic E-state index is 0.990. The van der Waals surface area contributed by atoms with E-state index in [0.29, 0.717) is 0 Å². The molecule has 0 amide bonds. The van der Waals surface area contributed by atoms with Crippen molar-refractivity contribution in [3.8, 4) is 0 Å². The molecule has 2 heteroatoms.